The van der Waals surface area contributed by atoms with Crippen LogP contribution in [0.15, 0.2) is 24.4 Å². The summed E-state index contributed by atoms with van der Waals surface area (Å²) in [6.07, 6.45) is 4.32. The van der Waals surface area contributed by atoms with Gasteiger partial charge >= 0.3 is 0 Å². The van der Waals surface area contributed by atoms with Crippen molar-refractivity contribution >= 4 is 23.2 Å². The van der Waals surface area contributed by atoms with Crippen LogP contribution < -0.4 is 0 Å². The lowest BCUT2D eigenvalue weighted by atomic mass is 10.2. The number of imidazole rings is 1. The minimum atomic E-state index is 0.524. The van der Waals surface area contributed by atoms with Gasteiger partial charge in [-0.15, -0.1) is 0 Å². The number of benzene rings is 1. The number of aromatic amines is 1. The predicted octanol–water partition coefficient (Wildman–Crippen LogP) is 3.18. The molecule has 1 heterocycles. The monoisotopic (exact) mass is 211 g/mol. The molecule has 0 aliphatic carbocycles. The van der Waals surface area contributed by atoms with E-state index in [9.17, 15) is 0 Å². The molecule has 0 fully saturated rings. The zero-order chi connectivity index (χ0) is 9.26. The van der Waals surface area contributed by atoms with Gasteiger partial charge in [-0.1, -0.05) is 23.2 Å². The third-order valence-corrected chi connectivity index (χ3v) is 2.38. The summed E-state index contributed by atoms with van der Waals surface area (Å²) >= 11 is 11.6. The highest BCUT2D eigenvalue weighted by molar-refractivity contribution is 6.42. The van der Waals surface area contributed by atoms with Gasteiger partial charge in [0.2, 0.25) is 0 Å². The lowest BCUT2D eigenvalue weighted by molar-refractivity contribution is 1.31. The van der Waals surface area contributed by atoms with Gasteiger partial charge in [0.15, 0.2) is 0 Å². The van der Waals surface area contributed by atoms with Gasteiger partial charge in [0.25, 0.3) is 0 Å². The number of rotatable bonds is 1. The first-order valence-corrected chi connectivity index (χ1v) is 4.40. The molecule has 0 spiro atoms. The van der Waals surface area contributed by atoms with E-state index in [2.05, 4.69) is 16.2 Å². The Bertz CT molecular complexity index is 410. The summed E-state index contributed by atoms with van der Waals surface area (Å²) in [6, 6.07) is 5.35. The molecule has 0 atom stereocenters. The van der Waals surface area contributed by atoms with Gasteiger partial charge in [0.05, 0.1) is 10.0 Å². The molecule has 2 aromatic rings. The third kappa shape index (κ3) is 1.69. The van der Waals surface area contributed by atoms with Crippen molar-refractivity contribution in [3.63, 3.8) is 0 Å². The van der Waals surface area contributed by atoms with Gasteiger partial charge in [0.1, 0.15) is 12.0 Å². The molecule has 2 rings (SSSR count). The van der Waals surface area contributed by atoms with Gasteiger partial charge in [-0.2, -0.15) is 0 Å². The fourth-order valence-corrected chi connectivity index (χ4v) is 1.32. The van der Waals surface area contributed by atoms with E-state index in [4.69, 9.17) is 23.2 Å². The van der Waals surface area contributed by atoms with Crippen LogP contribution in [0.2, 0.25) is 10.0 Å². The Morgan fingerprint density at radius 2 is 2.08 bits per heavy atom. The average molecular weight is 212 g/mol. The summed E-state index contributed by atoms with van der Waals surface area (Å²) in [6.45, 7) is 0. The molecule has 1 aromatic carbocycles. The van der Waals surface area contributed by atoms with Crippen LogP contribution in [0.3, 0.4) is 0 Å². The molecule has 1 radical (unpaired) electrons. The number of H-pyrrole nitrogens is 1. The van der Waals surface area contributed by atoms with Gasteiger partial charge in [0, 0.05) is 11.8 Å². The topological polar surface area (TPSA) is 28.7 Å². The van der Waals surface area contributed by atoms with E-state index in [0.717, 1.165) is 11.4 Å². The van der Waals surface area contributed by atoms with Crippen molar-refractivity contribution in [1.29, 1.82) is 0 Å². The first-order chi connectivity index (χ1) is 6.27. The van der Waals surface area contributed by atoms with Crippen LogP contribution in [-0.2, 0) is 0 Å². The number of aromatic nitrogens is 2. The van der Waals surface area contributed by atoms with E-state index in [1.807, 2.05) is 6.07 Å². The fourth-order valence-electron chi connectivity index (χ4n) is 1.02. The second kappa shape index (κ2) is 3.40. The van der Waals surface area contributed by atoms with E-state index in [1.165, 1.54) is 0 Å². The summed E-state index contributed by atoms with van der Waals surface area (Å²) in [7, 11) is 0. The van der Waals surface area contributed by atoms with Crippen molar-refractivity contribution < 1.29 is 0 Å². The highest BCUT2D eigenvalue weighted by atomic mass is 35.5. The van der Waals surface area contributed by atoms with Crippen molar-refractivity contribution in [1.82, 2.24) is 9.97 Å². The lowest BCUT2D eigenvalue weighted by Crippen LogP contribution is -1.80. The Morgan fingerprint density at radius 3 is 2.69 bits per heavy atom. The van der Waals surface area contributed by atoms with Crippen molar-refractivity contribution in [2.24, 2.45) is 0 Å². The van der Waals surface area contributed by atoms with Crippen LogP contribution in [-0.4, -0.2) is 9.97 Å². The smallest absolute Gasteiger partial charge is 0.138 e. The van der Waals surface area contributed by atoms with E-state index in [-0.39, 0.29) is 0 Å². The Labute approximate surface area is 85.5 Å². The third-order valence-electron chi connectivity index (χ3n) is 1.64. The Morgan fingerprint density at radius 1 is 1.23 bits per heavy atom. The van der Waals surface area contributed by atoms with Crippen molar-refractivity contribution in [2.45, 2.75) is 0 Å². The maximum absolute atomic E-state index is 5.85. The van der Waals surface area contributed by atoms with Crippen LogP contribution >= 0.6 is 23.2 Å². The van der Waals surface area contributed by atoms with Crippen molar-refractivity contribution in [3.05, 3.63) is 40.6 Å². The van der Waals surface area contributed by atoms with E-state index >= 15 is 0 Å². The van der Waals surface area contributed by atoms with E-state index in [0.29, 0.717) is 10.0 Å². The standard InChI is InChI=1S/C9H5Cl2N2/c10-7-2-1-6(5-8(7)11)9-12-3-4-13-9/h1-3,5H,(H,12,13). The van der Waals surface area contributed by atoms with Gasteiger partial charge in [-0.25, -0.2) is 4.98 Å². The van der Waals surface area contributed by atoms with Crippen molar-refractivity contribution in [3.8, 4) is 11.4 Å². The second-order valence-corrected chi connectivity index (χ2v) is 3.32. The molecule has 0 aliphatic heterocycles. The second-order valence-electron chi connectivity index (χ2n) is 2.51. The molecule has 0 unspecified atom stereocenters. The summed E-state index contributed by atoms with van der Waals surface area (Å²) in [5.74, 6) is 0.735. The Kier molecular flexibility index (Phi) is 2.25. The van der Waals surface area contributed by atoms with Crippen LogP contribution in [0.5, 0.6) is 0 Å². The van der Waals surface area contributed by atoms with Crippen LogP contribution in [0, 0.1) is 6.20 Å². The summed E-state index contributed by atoms with van der Waals surface area (Å²) in [5.41, 5.74) is 0.899. The molecule has 1 aromatic heterocycles. The van der Waals surface area contributed by atoms with Crippen LogP contribution in [0.1, 0.15) is 0 Å². The quantitative estimate of drug-likeness (QED) is 0.772. The summed E-state index contributed by atoms with van der Waals surface area (Å²) < 4.78 is 0. The summed E-state index contributed by atoms with van der Waals surface area (Å²) in [5, 5.41) is 1.07. The number of hydrogen-bond donors (Lipinski definition) is 1. The molecular formula is C9H5Cl2N2. The molecule has 1 N–H and O–H groups in total. The minimum absolute atomic E-state index is 0.524. The van der Waals surface area contributed by atoms with E-state index < -0.39 is 0 Å². The van der Waals surface area contributed by atoms with Gasteiger partial charge < -0.3 is 4.98 Å². The molecule has 13 heavy (non-hydrogen) atoms. The van der Waals surface area contributed by atoms with Crippen LogP contribution in [0.4, 0.5) is 0 Å². The Balaban J connectivity index is 2.49. The molecule has 4 heteroatoms. The highest BCUT2D eigenvalue weighted by Crippen LogP contribution is 2.26. The normalized spacial score (nSPS) is 10.3. The maximum Gasteiger partial charge on any atom is 0.138 e. The zero-order valence-corrected chi connectivity index (χ0v) is 8.02. The molecule has 0 saturated carbocycles. The van der Waals surface area contributed by atoms with Gasteiger partial charge in [-0.3, -0.25) is 0 Å². The molecule has 0 bridgehead atoms. The molecule has 0 amide bonds. The first kappa shape index (κ1) is 8.60. The minimum Gasteiger partial charge on any atom is -0.344 e. The average Bonchev–Trinajstić information content (AvgIpc) is 2.62. The number of nitrogens with zero attached hydrogens (tertiary/aromatic N) is 1. The first-order valence-electron chi connectivity index (χ1n) is 3.64. The highest BCUT2D eigenvalue weighted by Gasteiger charge is 2.02. The number of halogens is 2. The van der Waals surface area contributed by atoms with E-state index in [1.54, 1.807) is 18.3 Å². The fraction of sp³-hybridized carbons (Fsp3) is 0. The number of nitrogens with one attached hydrogen (secondary N) is 1. The molecule has 65 valence electrons. The largest absolute Gasteiger partial charge is 0.344 e. The summed E-state index contributed by atoms with van der Waals surface area (Å²) in [4.78, 5) is 6.91. The zero-order valence-electron chi connectivity index (χ0n) is 6.51. The SMILES string of the molecule is Clc1ccc(-c2n[c]c[nH]2)cc1Cl. The molecule has 0 saturated heterocycles. The van der Waals surface area contributed by atoms with Crippen molar-refractivity contribution in [2.75, 3.05) is 0 Å². The Hall–Kier alpha value is -0.990. The number of hydrogen-bond acceptors (Lipinski definition) is 1. The molecular weight excluding hydrogens is 207 g/mol. The maximum atomic E-state index is 5.85. The molecule has 2 nitrogen and oxygen atoms in total. The molecule has 0 aliphatic rings. The predicted molar refractivity (Wildman–Crippen MR) is 52.9 cm³/mol. The van der Waals surface area contributed by atoms with Gasteiger partial charge in [-0.05, 0) is 18.2 Å². The van der Waals surface area contributed by atoms with Crippen LogP contribution in [0.25, 0.3) is 11.4 Å². The lowest BCUT2D eigenvalue weighted by Gasteiger charge is -1.98.